The topological polar surface area (TPSA) is 22.4 Å². The first kappa shape index (κ1) is 13.0. The lowest BCUT2D eigenvalue weighted by Crippen LogP contribution is -2.09. The van der Waals surface area contributed by atoms with Crippen LogP contribution < -0.4 is 4.74 Å². The molecular formula is C15H17ClO2. The number of hydrogen-bond donors (Lipinski definition) is 0. The van der Waals surface area contributed by atoms with Crippen LogP contribution in [0.2, 0.25) is 0 Å². The Kier molecular flexibility index (Phi) is 4.71. The molecule has 0 radical (unpaired) electrons. The maximum absolute atomic E-state index is 6.04. The van der Waals surface area contributed by atoms with E-state index in [2.05, 4.69) is 12.1 Å². The quantitative estimate of drug-likeness (QED) is 0.738. The Bertz CT molecular complexity index is 465. The molecule has 0 amide bonds. The fraction of sp³-hybridized carbons (Fsp3) is 0.333. The summed E-state index contributed by atoms with van der Waals surface area (Å²) in [5.41, 5.74) is 1.24. The van der Waals surface area contributed by atoms with Crippen LogP contribution in [0.15, 0.2) is 47.1 Å². The molecular weight excluding hydrogens is 248 g/mol. The van der Waals surface area contributed by atoms with Gasteiger partial charge in [-0.05, 0) is 42.2 Å². The summed E-state index contributed by atoms with van der Waals surface area (Å²) in [6, 6.07) is 12.0. The summed E-state index contributed by atoms with van der Waals surface area (Å²) in [5.74, 6) is 2.88. The van der Waals surface area contributed by atoms with Gasteiger partial charge in [0.05, 0.1) is 13.4 Å². The van der Waals surface area contributed by atoms with Gasteiger partial charge in [-0.2, -0.15) is 0 Å². The smallest absolute Gasteiger partial charge is 0.119 e. The van der Waals surface area contributed by atoms with E-state index in [-0.39, 0.29) is 0 Å². The molecule has 0 saturated carbocycles. The van der Waals surface area contributed by atoms with E-state index in [1.807, 2.05) is 24.3 Å². The molecule has 2 aromatic rings. The van der Waals surface area contributed by atoms with Crippen molar-refractivity contribution >= 4 is 11.6 Å². The molecule has 0 bridgehead atoms. The minimum atomic E-state index is 0.380. The first-order chi connectivity index (χ1) is 8.81. The fourth-order valence-corrected chi connectivity index (χ4v) is 2.25. The van der Waals surface area contributed by atoms with Crippen LogP contribution in [0.1, 0.15) is 11.3 Å². The van der Waals surface area contributed by atoms with Gasteiger partial charge in [0.15, 0.2) is 0 Å². The van der Waals surface area contributed by atoms with Gasteiger partial charge in [0.1, 0.15) is 11.5 Å². The summed E-state index contributed by atoms with van der Waals surface area (Å²) < 4.78 is 10.6. The van der Waals surface area contributed by atoms with Crippen LogP contribution in [0.3, 0.4) is 0 Å². The molecule has 0 spiro atoms. The van der Waals surface area contributed by atoms with Crippen LogP contribution in [0, 0.1) is 5.92 Å². The maximum Gasteiger partial charge on any atom is 0.119 e. The van der Waals surface area contributed by atoms with Crippen molar-refractivity contribution in [3.05, 3.63) is 54.0 Å². The average molecular weight is 265 g/mol. The Balaban J connectivity index is 2.00. The van der Waals surface area contributed by atoms with Gasteiger partial charge in [0.25, 0.3) is 0 Å². The summed E-state index contributed by atoms with van der Waals surface area (Å²) in [6.45, 7) is 0. The maximum atomic E-state index is 6.04. The van der Waals surface area contributed by atoms with Gasteiger partial charge in [-0.25, -0.2) is 0 Å². The van der Waals surface area contributed by atoms with Crippen molar-refractivity contribution in [1.29, 1.82) is 0 Å². The predicted molar refractivity (Wildman–Crippen MR) is 73.3 cm³/mol. The number of alkyl halides is 1. The molecule has 1 aromatic carbocycles. The summed E-state index contributed by atoms with van der Waals surface area (Å²) >= 11 is 6.04. The first-order valence-corrected chi connectivity index (χ1v) is 6.56. The second kappa shape index (κ2) is 6.50. The van der Waals surface area contributed by atoms with Gasteiger partial charge in [-0.3, -0.25) is 0 Å². The normalized spacial score (nSPS) is 12.3. The minimum absolute atomic E-state index is 0.380. The molecule has 96 valence electrons. The molecule has 18 heavy (non-hydrogen) atoms. The van der Waals surface area contributed by atoms with E-state index in [0.29, 0.717) is 11.8 Å². The highest BCUT2D eigenvalue weighted by Crippen LogP contribution is 2.19. The molecule has 0 aliphatic carbocycles. The number of halogens is 1. The summed E-state index contributed by atoms with van der Waals surface area (Å²) in [5, 5.41) is 0. The van der Waals surface area contributed by atoms with Crippen molar-refractivity contribution in [2.24, 2.45) is 5.92 Å². The van der Waals surface area contributed by atoms with Gasteiger partial charge in [0.2, 0.25) is 0 Å². The number of rotatable bonds is 6. The molecule has 0 N–H and O–H groups in total. The van der Waals surface area contributed by atoms with Gasteiger partial charge in [-0.1, -0.05) is 12.1 Å². The first-order valence-electron chi connectivity index (χ1n) is 6.03. The van der Waals surface area contributed by atoms with E-state index < -0.39 is 0 Å². The summed E-state index contributed by atoms with van der Waals surface area (Å²) in [4.78, 5) is 0. The van der Waals surface area contributed by atoms with Crippen LogP contribution in [0.4, 0.5) is 0 Å². The number of methoxy groups -OCH3 is 1. The van der Waals surface area contributed by atoms with Crippen LogP contribution in [0.5, 0.6) is 5.75 Å². The van der Waals surface area contributed by atoms with Gasteiger partial charge in [-0.15, -0.1) is 11.6 Å². The summed E-state index contributed by atoms with van der Waals surface area (Å²) in [6.07, 6.45) is 3.50. The zero-order valence-corrected chi connectivity index (χ0v) is 11.2. The van der Waals surface area contributed by atoms with Crippen molar-refractivity contribution in [3.8, 4) is 5.75 Å². The highest BCUT2D eigenvalue weighted by Gasteiger charge is 2.11. The number of benzene rings is 1. The van der Waals surface area contributed by atoms with Crippen LogP contribution >= 0.6 is 11.6 Å². The second-order valence-corrected chi connectivity index (χ2v) is 4.67. The van der Waals surface area contributed by atoms with Crippen LogP contribution in [0.25, 0.3) is 0 Å². The van der Waals surface area contributed by atoms with E-state index in [4.69, 9.17) is 20.8 Å². The Morgan fingerprint density at radius 2 is 2.11 bits per heavy atom. The largest absolute Gasteiger partial charge is 0.497 e. The molecule has 1 atom stereocenters. The average Bonchev–Trinajstić information content (AvgIpc) is 2.91. The second-order valence-electron chi connectivity index (χ2n) is 4.36. The molecule has 0 aliphatic rings. The highest BCUT2D eigenvalue weighted by molar-refractivity contribution is 6.18. The van der Waals surface area contributed by atoms with E-state index in [1.165, 1.54) is 5.56 Å². The van der Waals surface area contributed by atoms with Gasteiger partial charge in [0, 0.05) is 12.3 Å². The monoisotopic (exact) mass is 264 g/mol. The Labute approximate surface area is 113 Å². The third kappa shape index (κ3) is 3.54. The number of hydrogen-bond acceptors (Lipinski definition) is 2. The standard InChI is InChI=1S/C15H17ClO2/c1-17-14-5-2-4-12(9-14)8-13(11-16)10-15-6-3-7-18-15/h2-7,9,13H,8,10-11H2,1H3. The zero-order valence-electron chi connectivity index (χ0n) is 10.4. The minimum Gasteiger partial charge on any atom is -0.497 e. The highest BCUT2D eigenvalue weighted by atomic mass is 35.5. The lowest BCUT2D eigenvalue weighted by Gasteiger charge is -2.13. The SMILES string of the molecule is COc1cccc(CC(CCl)Cc2ccco2)c1. The molecule has 1 unspecified atom stereocenters. The lowest BCUT2D eigenvalue weighted by molar-refractivity contribution is 0.413. The lowest BCUT2D eigenvalue weighted by atomic mass is 9.97. The third-order valence-corrected chi connectivity index (χ3v) is 3.38. The van der Waals surface area contributed by atoms with Crippen LogP contribution in [-0.2, 0) is 12.8 Å². The predicted octanol–water partition coefficient (Wildman–Crippen LogP) is 3.93. The molecule has 1 aromatic heterocycles. The zero-order chi connectivity index (χ0) is 12.8. The van der Waals surface area contributed by atoms with E-state index in [0.717, 1.165) is 24.4 Å². The summed E-state index contributed by atoms with van der Waals surface area (Å²) in [7, 11) is 1.68. The van der Waals surface area contributed by atoms with Crippen molar-refractivity contribution < 1.29 is 9.15 Å². The third-order valence-electron chi connectivity index (χ3n) is 2.95. The molecule has 1 heterocycles. The molecule has 0 saturated heterocycles. The number of furan rings is 1. The Morgan fingerprint density at radius 1 is 1.22 bits per heavy atom. The van der Waals surface area contributed by atoms with Gasteiger partial charge < -0.3 is 9.15 Å². The van der Waals surface area contributed by atoms with Crippen molar-refractivity contribution in [1.82, 2.24) is 0 Å². The Hall–Kier alpha value is -1.41. The van der Waals surface area contributed by atoms with Gasteiger partial charge >= 0.3 is 0 Å². The van der Waals surface area contributed by atoms with E-state index in [9.17, 15) is 0 Å². The van der Waals surface area contributed by atoms with Crippen molar-refractivity contribution in [3.63, 3.8) is 0 Å². The van der Waals surface area contributed by atoms with Crippen LogP contribution in [-0.4, -0.2) is 13.0 Å². The molecule has 0 aliphatic heterocycles. The Morgan fingerprint density at radius 3 is 2.78 bits per heavy atom. The fourth-order valence-electron chi connectivity index (χ4n) is 2.03. The molecule has 2 rings (SSSR count). The molecule has 0 fully saturated rings. The van der Waals surface area contributed by atoms with E-state index in [1.54, 1.807) is 13.4 Å². The number of ether oxygens (including phenoxy) is 1. The molecule has 2 nitrogen and oxygen atoms in total. The van der Waals surface area contributed by atoms with Crippen molar-refractivity contribution in [2.45, 2.75) is 12.8 Å². The molecule has 3 heteroatoms. The van der Waals surface area contributed by atoms with E-state index >= 15 is 0 Å². The van der Waals surface area contributed by atoms with Crippen molar-refractivity contribution in [2.75, 3.05) is 13.0 Å².